The molecule has 0 radical (unpaired) electrons. The summed E-state index contributed by atoms with van der Waals surface area (Å²) >= 11 is 6.13. The van der Waals surface area contributed by atoms with E-state index >= 15 is 0 Å². The molecule has 0 aliphatic heterocycles. The van der Waals surface area contributed by atoms with Gasteiger partial charge in [0.1, 0.15) is 17.1 Å². The van der Waals surface area contributed by atoms with Crippen LogP contribution in [-0.4, -0.2) is 20.1 Å². The number of ether oxygens (including phenoxy) is 2. The second-order valence-corrected chi connectivity index (χ2v) is 5.60. The number of hydrogen-bond acceptors (Lipinski definition) is 4. The topological polar surface area (TPSA) is 60.7 Å². The molecule has 5 nitrogen and oxygen atoms in total. The van der Waals surface area contributed by atoms with Crippen molar-refractivity contribution >= 4 is 34.2 Å². The summed E-state index contributed by atoms with van der Waals surface area (Å²) in [5.41, 5.74) is 1.88. The van der Waals surface area contributed by atoms with E-state index in [1.54, 1.807) is 12.1 Å². The largest absolute Gasteiger partial charge is 0.495 e. The molecule has 3 aromatic rings. The molecule has 1 heterocycles. The Hall–Kier alpha value is -2.66. The number of carbonyl (C=O) groups excluding carboxylic acids is 1. The molecule has 1 amide bonds. The zero-order valence-electron chi connectivity index (χ0n) is 13.5. The van der Waals surface area contributed by atoms with Crippen LogP contribution in [0.1, 0.15) is 16.1 Å². The summed E-state index contributed by atoms with van der Waals surface area (Å²) < 4.78 is 16.1. The first kappa shape index (κ1) is 16.2. The lowest BCUT2D eigenvalue weighted by molar-refractivity contribution is 0.0997. The average molecular weight is 346 g/mol. The molecular formula is C18H16ClNO4. The van der Waals surface area contributed by atoms with Crippen molar-refractivity contribution in [3.63, 3.8) is 0 Å². The molecule has 0 spiro atoms. The number of anilines is 1. The van der Waals surface area contributed by atoms with Gasteiger partial charge in [-0.3, -0.25) is 4.79 Å². The number of nitrogens with one attached hydrogen (secondary N) is 1. The number of rotatable bonds is 4. The fourth-order valence-corrected chi connectivity index (χ4v) is 2.77. The summed E-state index contributed by atoms with van der Waals surface area (Å²) in [4.78, 5) is 12.6. The van der Waals surface area contributed by atoms with Crippen LogP contribution in [-0.2, 0) is 0 Å². The zero-order valence-corrected chi connectivity index (χ0v) is 14.2. The van der Waals surface area contributed by atoms with E-state index in [2.05, 4.69) is 5.32 Å². The number of benzene rings is 2. The van der Waals surface area contributed by atoms with Gasteiger partial charge >= 0.3 is 0 Å². The van der Waals surface area contributed by atoms with Crippen molar-refractivity contribution in [2.75, 3.05) is 19.5 Å². The maximum Gasteiger partial charge on any atom is 0.291 e. The van der Waals surface area contributed by atoms with E-state index in [0.29, 0.717) is 27.8 Å². The minimum absolute atomic E-state index is 0.255. The van der Waals surface area contributed by atoms with Crippen LogP contribution in [0.5, 0.6) is 11.5 Å². The van der Waals surface area contributed by atoms with Crippen molar-refractivity contribution in [1.29, 1.82) is 0 Å². The third-order valence-electron chi connectivity index (χ3n) is 3.77. The molecule has 124 valence electrons. The van der Waals surface area contributed by atoms with E-state index in [1.807, 2.05) is 31.2 Å². The van der Waals surface area contributed by atoms with Crippen molar-refractivity contribution in [2.24, 2.45) is 0 Å². The fraction of sp³-hybridized carbons (Fsp3) is 0.167. The Bertz CT molecular complexity index is 917. The lowest BCUT2D eigenvalue weighted by atomic mass is 10.1. The van der Waals surface area contributed by atoms with Gasteiger partial charge in [-0.25, -0.2) is 0 Å². The number of amides is 1. The van der Waals surface area contributed by atoms with Gasteiger partial charge in [0, 0.05) is 17.0 Å². The zero-order chi connectivity index (χ0) is 17.3. The Morgan fingerprint density at radius 1 is 1.12 bits per heavy atom. The monoisotopic (exact) mass is 345 g/mol. The van der Waals surface area contributed by atoms with E-state index in [9.17, 15) is 4.79 Å². The first-order valence-electron chi connectivity index (χ1n) is 7.26. The molecule has 3 rings (SSSR count). The number of fused-ring (bicyclic) bond motifs is 1. The van der Waals surface area contributed by atoms with E-state index in [1.165, 1.54) is 14.2 Å². The molecule has 0 bridgehead atoms. The lowest BCUT2D eigenvalue weighted by Crippen LogP contribution is -2.13. The molecule has 0 unspecified atom stereocenters. The third kappa shape index (κ3) is 2.78. The van der Waals surface area contributed by atoms with Crippen LogP contribution in [0.4, 0.5) is 5.69 Å². The van der Waals surface area contributed by atoms with Crippen molar-refractivity contribution < 1.29 is 18.7 Å². The van der Waals surface area contributed by atoms with Crippen molar-refractivity contribution in [1.82, 2.24) is 0 Å². The van der Waals surface area contributed by atoms with Crippen LogP contribution in [0.25, 0.3) is 11.0 Å². The summed E-state index contributed by atoms with van der Waals surface area (Å²) in [7, 11) is 3.02. The Morgan fingerprint density at radius 3 is 2.50 bits per heavy atom. The second kappa shape index (κ2) is 6.45. The van der Waals surface area contributed by atoms with Crippen LogP contribution in [0, 0.1) is 6.92 Å². The number of carbonyl (C=O) groups is 1. The fourth-order valence-electron chi connectivity index (χ4n) is 2.53. The summed E-state index contributed by atoms with van der Waals surface area (Å²) in [6.45, 7) is 1.85. The molecule has 0 atom stereocenters. The van der Waals surface area contributed by atoms with E-state index in [-0.39, 0.29) is 11.7 Å². The second-order valence-electron chi connectivity index (χ2n) is 5.19. The molecule has 1 aromatic heterocycles. The maximum atomic E-state index is 12.6. The molecular weight excluding hydrogens is 330 g/mol. The van der Waals surface area contributed by atoms with Gasteiger partial charge in [-0.15, -0.1) is 0 Å². The smallest absolute Gasteiger partial charge is 0.291 e. The summed E-state index contributed by atoms with van der Waals surface area (Å²) in [5, 5.41) is 4.05. The molecule has 0 fully saturated rings. The Morgan fingerprint density at radius 2 is 1.83 bits per heavy atom. The Labute approximate surface area is 144 Å². The summed E-state index contributed by atoms with van der Waals surface area (Å²) in [6, 6.07) is 10.7. The van der Waals surface area contributed by atoms with Crippen LogP contribution < -0.4 is 14.8 Å². The molecule has 24 heavy (non-hydrogen) atoms. The van der Waals surface area contributed by atoms with Crippen molar-refractivity contribution in [3.8, 4) is 11.5 Å². The van der Waals surface area contributed by atoms with Crippen molar-refractivity contribution in [3.05, 3.63) is 52.7 Å². The van der Waals surface area contributed by atoms with Crippen LogP contribution >= 0.6 is 11.6 Å². The number of halogens is 1. The number of hydrogen-bond donors (Lipinski definition) is 1. The number of furan rings is 1. The van der Waals surface area contributed by atoms with E-state index < -0.39 is 0 Å². The lowest BCUT2D eigenvalue weighted by Gasteiger charge is -2.12. The molecule has 0 aliphatic carbocycles. The molecule has 6 heteroatoms. The Kier molecular flexibility index (Phi) is 4.36. The minimum Gasteiger partial charge on any atom is -0.495 e. The molecule has 0 aliphatic rings. The van der Waals surface area contributed by atoms with Gasteiger partial charge in [0.25, 0.3) is 5.91 Å². The standard InChI is InChI=1S/C18H16ClNO4/c1-10-11-6-4-5-7-14(11)24-17(10)18(21)20-13-8-12(19)15(22-2)9-16(13)23-3/h4-9H,1-3H3,(H,20,21). The quantitative estimate of drug-likeness (QED) is 0.746. The van der Waals surface area contributed by atoms with Gasteiger partial charge in [-0.05, 0) is 19.1 Å². The van der Waals surface area contributed by atoms with E-state index in [4.69, 9.17) is 25.5 Å². The molecule has 0 saturated carbocycles. The summed E-state index contributed by atoms with van der Waals surface area (Å²) in [6.07, 6.45) is 0. The van der Waals surface area contributed by atoms with Gasteiger partial charge < -0.3 is 19.2 Å². The van der Waals surface area contributed by atoms with Gasteiger partial charge in [-0.1, -0.05) is 29.8 Å². The van der Waals surface area contributed by atoms with Crippen molar-refractivity contribution in [2.45, 2.75) is 6.92 Å². The van der Waals surface area contributed by atoms with Crippen LogP contribution in [0.3, 0.4) is 0 Å². The maximum absolute atomic E-state index is 12.6. The average Bonchev–Trinajstić information content (AvgIpc) is 2.92. The van der Waals surface area contributed by atoms with Gasteiger partial charge in [0.05, 0.1) is 24.9 Å². The summed E-state index contributed by atoms with van der Waals surface area (Å²) in [5.74, 6) is 0.790. The molecule has 2 aromatic carbocycles. The first-order chi connectivity index (χ1) is 11.5. The number of methoxy groups -OCH3 is 2. The number of para-hydroxylation sites is 1. The minimum atomic E-state index is -0.372. The molecule has 0 saturated heterocycles. The Balaban J connectivity index is 1.97. The highest BCUT2D eigenvalue weighted by Gasteiger charge is 2.19. The van der Waals surface area contributed by atoms with Gasteiger partial charge in [-0.2, -0.15) is 0 Å². The van der Waals surface area contributed by atoms with E-state index in [0.717, 1.165) is 10.9 Å². The highest BCUT2D eigenvalue weighted by Crippen LogP contribution is 2.36. The van der Waals surface area contributed by atoms with Gasteiger partial charge in [0.15, 0.2) is 5.76 Å². The van der Waals surface area contributed by atoms with Crippen LogP contribution in [0.15, 0.2) is 40.8 Å². The highest BCUT2D eigenvalue weighted by atomic mass is 35.5. The highest BCUT2D eigenvalue weighted by molar-refractivity contribution is 6.32. The normalized spacial score (nSPS) is 10.7. The SMILES string of the molecule is COc1cc(OC)c(NC(=O)c2oc3ccccc3c2C)cc1Cl. The first-order valence-corrected chi connectivity index (χ1v) is 7.64. The third-order valence-corrected chi connectivity index (χ3v) is 4.07. The van der Waals surface area contributed by atoms with Gasteiger partial charge in [0.2, 0.25) is 0 Å². The predicted octanol–water partition coefficient (Wildman–Crippen LogP) is 4.66. The van der Waals surface area contributed by atoms with Crippen LogP contribution in [0.2, 0.25) is 5.02 Å². The molecule has 1 N–H and O–H groups in total. The number of aryl methyl sites for hydroxylation is 1. The predicted molar refractivity (Wildman–Crippen MR) is 93.5 cm³/mol.